The lowest BCUT2D eigenvalue weighted by Crippen LogP contribution is -2.02. The second kappa shape index (κ2) is 5.64. The van der Waals surface area contributed by atoms with Gasteiger partial charge < -0.3 is 4.57 Å². The van der Waals surface area contributed by atoms with Gasteiger partial charge in [0.2, 0.25) is 11.9 Å². The van der Waals surface area contributed by atoms with Gasteiger partial charge in [0.1, 0.15) is 5.52 Å². The number of nitrogens with one attached hydrogen (secondary N) is 1. The average molecular weight is 342 g/mol. The first-order chi connectivity index (χ1) is 11.2. The maximum atomic E-state index is 6.20. The van der Waals surface area contributed by atoms with E-state index in [2.05, 4.69) is 20.3 Å². The fraction of sp³-hybridized carbons (Fsp3) is 0.0625. The van der Waals surface area contributed by atoms with E-state index in [-0.39, 0.29) is 0 Å². The van der Waals surface area contributed by atoms with E-state index >= 15 is 0 Å². The van der Waals surface area contributed by atoms with E-state index in [0.29, 0.717) is 16.9 Å². The molecule has 0 aliphatic rings. The molecule has 0 saturated heterocycles. The van der Waals surface area contributed by atoms with Gasteiger partial charge in [-0.25, -0.2) is 15.0 Å². The number of anilines is 2. The molecule has 1 N–H and O–H groups in total. The van der Waals surface area contributed by atoms with Crippen molar-refractivity contribution in [1.82, 2.24) is 19.5 Å². The lowest BCUT2D eigenvalue weighted by Gasteiger charge is -2.05. The van der Waals surface area contributed by atoms with Crippen LogP contribution < -0.4 is 5.32 Å². The molecule has 7 heteroatoms. The zero-order chi connectivity index (χ0) is 15.8. The third-order valence-electron chi connectivity index (χ3n) is 3.52. The van der Waals surface area contributed by atoms with E-state index < -0.39 is 0 Å². The molecule has 3 heterocycles. The highest BCUT2D eigenvalue weighted by Gasteiger charge is 2.11. The number of nitrogens with zero attached hydrogens (tertiary/aromatic N) is 4. The predicted octanol–water partition coefficient (Wildman–Crippen LogP) is 4.49. The normalized spacial score (nSPS) is 11.0. The minimum Gasteiger partial charge on any atom is -0.313 e. The number of rotatable bonds is 3. The van der Waals surface area contributed by atoms with Crippen molar-refractivity contribution in [1.29, 1.82) is 0 Å². The van der Waals surface area contributed by atoms with E-state index in [1.54, 1.807) is 17.5 Å². The summed E-state index contributed by atoms with van der Waals surface area (Å²) in [5.41, 5.74) is 2.59. The van der Waals surface area contributed by atoms with Crippen LogP contribution in [0.1, 0.15) is 0 Å². The summed E-state index contributed by atoms with van der Waals surface area (Å²) >= 11 is 7.85. The number of imidazole rings is 1. The highest BCUT2D eigenvalue weighted by atomic mass is 35.5. The van der Waals surface area contributed by atoms with Crippen LogP contribution in [-0.2, 0) is 7.05 Å². The standard InChI is InChI=1S/C16H12ClN5S/c1-22-12-5-2-4-10(17)14(12)20-16(22)21-15-18-8-7-11(19-15)13-6-3-9-23-13/h2-9H,1H3,(H,18,19,20,21). The molecule has 1 aromatic carbocycles. The topological polar surface area (TPSA) is 55.6 Å². The number of aryl methyl sites for hydroxylation is 1. The van der Waals surface area contributed by atoms with Crippen molar-refractivity contribution in [3.8, 4) is 10.6 Å². The van der Waals surface area contributed by atoms with Gasteiger partial charge in [0.15, 0.2) is 0 Å². The summed E-state index contributed by atoms with van der Waals surface area (Å²) < 4.78 is 1.93. The summed E-state index contributed by atoms with van der Waals surface area (Å²) in [7, 11) is 1.93. The molecule has 4 aromatic rings. The van der Waals surface area contributed by atoms with Crippen molar-refractivity contribution < 1.29 is 0 Å². The molecule has 0 atom stereocenters. The van der Waals surface area contributed by atoms with Crippen LogP contribution in [0.5, 0.6) is 0 Å². The maximum Gasteiger partial charge on any atom is 0.230 e. The van der Waals surface area contributed by atoms with Crippen molar-refractivity contribution >= 4 is 45.9 Å². The van der Waals surface area contributed by atoms with Gasteiger partial charge in [0.25, 0.3) is 0 Å². The summed E-state index contributed by atoms with van der Waals surface area (Å²) in [4.78, 5) is 14.5. The van der Waals surface area contributed by atoms with Gasteiger partial charge in [0.05, 0.1) is 21.1 Å². The summed E-state index contributed by atoms with van der Waals surface area (Å²) in [6.45, 7) is 0. The molecule has 0 aliphatic heterocycles. The summed E-state index contributed by atoms with van der Waals surface area (Å²) in [5.74, 6) is 1.15. The van der Waals surface area contributed by atoms with Crippen molar-refractivity contribution in [3.63, 3.8) is 0 Å². The molecule has 0 amide bonds. The lowest BCUT2D eigenvalue weighted by molar-refractivity contribution is 0.950. The predicted molar refractivity (Wildman–Crippen MR) is 94.4 cm³/mol. The number of fused-ring (bicyclic) bond motifs is 1. The molecule has 114 valence electrons. The summed E-state index contributed by atoms with van der Waals surface area (Å²) in [6.07, 6.45) is 1.74. The molecule has 3 aromatic heterocycles. The molecule has 23 heavy (non-hydrogen) atoms. The van der Waals surface area contributed by atoms with Crippen LogP contribution in [0.25, 0.3) is 21.6 Å². The molecule has 4 rings (SSSR count). The Morgan fingerprint density at radius 2 is 2.04 bits per heavy atom. The minimum absolute atomic E-state index is 0.505. The first kappa shape index (κ1) is 14.2. The van der Waals surface area contributed by atoms with Gasteiger partial charge in [-0.1, -0.05) is 23.7 Å². The molecule has 0 fully saturated rings. The third kappa shape index (κ3) is 2.56. The maximum absolute atomic E-state index is 6.20. The van der Waals surface area contributed by atoms with E-state index in [1.165, 1.54) is 0 Å². The Balaban J connectivity index is 1.73. The smallest absolute Gasteiger partial charge is 0.230 e. The Labute approximate surface area is 141 Å². The van der Waals surface area contributed by atoms with Crippen LogP contribution >= 0.6 is 22.9 Å². The zero-order valence-electron chi connectivity index (χ0n) is 12.2. The van der Waals surface area contributed by atoms with Gasteiger partial charge in [-0.2, -0.15) is 0 Å². The molecule has 0 unspecified atom stereocenters. The Morgan fingerprint density at radius 3 is 2.83 bits per heavy atom. The van der Waals surface area contributed by atoms with Crippen molar-refractivity contribution in [2.45, 2.75) is 0 Å². The Bertz CT molecular complexity index is 977. The molecule has 0 spiro atoms. The van der Waals surface area contributed by atoms with Crippen LogP contribution in [0, 0.1) is 0 Å². The first-order valence-corrected chi connectivity index (χ1v) is 8.23. The second-order valence-corrected chi connectivity index (χ2v) is 6.32. The highest BCUT2D eigenvalue weighted by molar-refractivity contribution is 7.13. The highest BCUT2D eigenvalue weighted by Crippen LogP contribution is 2.27. The monoisotopic (exact) mass is 341 g/mol. The van der Waals surface area contributed by atoms with Gasteiger partial charge in [-0.05, 0) is 29.6 Å². The van der Waals surface area contributed by atoms with Crippen molar-refractivity contribution in [2.24, 2.45) is 7.05 Å². The van der Waals surface area contributed by atoms with Crippen LogP contribution in [0.4, 0.5) is 11.9 Å². The SMILES string of the molecule is Cn1c(Nc2nccc(-c3cccs3)n2)nc2c(Cl)cccc21. The van der Waals surface area contributed by atoms with Gasteiger partial charge in [-0.15, -0.1) is 11.3 Å². The first-order valence-electron chi connectivity index (χ1n) is 6.97. The van der Waals surface area contributed by atoms with Crippen LogP contribution in [0.2, 0.25) is 5.02 Å². The number of aromatic nitrogens is 4. The molecule has 0 radical (unpaired) electrons. The number of halogens is 1. The van der Waals surface area contributed by atoms with Crippen molar-refractivity contribution in [3.05, 3.63) is 53.0 Å². The third-order valence-corrected chi connectivity index (χ3v) is 4.71. The van der Waals surface area contributed by atoms with E-state index in [9.17, 15) is 0 Å². The van der Waals surface area contributed by atoms with Crippen LogP contribution in [-0.4, -0.2) is 19.5 Å². The summed E-state index contributed by atoms with van der Waals surface area (Å²) in [5, 5.41) is 5.82. The van der Waals surface area contributed by atoms with E-state index in [4.69, 9.17) is 11.6 Å². The molecular formula is C16H12ClN5S. The van der Waals surface area contributed by atoms with Crippen LogP contribution in [0.15, 0.2) is 48.0 Å². The van der Waals surface area contributed by atoms with E-state index in [1.807, 2.05) is 53.4 Å². The summed E-state index contributed by atoms with van der Waals surface area (Å²) in [6, 6.07) is 11.6. The largest absolute Gasteiger partial charge is 0.313 e. The number of benzene rings is 1. The Hall–Kier alpha value is -2.44. The molecule has 0 bridgehead atoms. The molecule has 5 nitrogen and oxygen atoms in total. The molecular weight excluding hydrogens is 330 g/mol. The second-order valence-electron chi connectivity index (χ2n) is 4.97. The van der Waals surface area contributed by atoms with Crippen molar-refractivity contribution in [2.75, 3.05) is 5.32 Å². The average Bonchev–Trinajstić information content (AvgIpc) is 3.19. The quantitative estimate of drug-likeness (QED) is 0.596. The van der Waals surface area contributed by atoms with E-state index in [0.717, 1.165) is 21.6 Å². The minimum atomic E-state index is 0.505. The fourth-order valence-corrected chi connectivity index (χ4v) is 3.28. The van der Waals surface area contributed by atoms with Gasteiger partial charge >= 0.3 is 0 Å². The Morgan fingerprint density at radius 1 is 1.13 bits per heavy atom. The fourth-order valence-electron chi connectivity index (χ4n) is 2.37. The van der Waals surface area contributed by atoms with Crippen LogP contribution in [0.3, 0.4) is 0 Å². The zero-order valence-corrected chi connectivity index (χ0v) is 13.8. The lowest BCUT2D eigenvalue weighted by atomic mass is 10.3. The number of para-hydroxylation sites is 1. The number of hydrogen-bond acceptors (Lipinski definition) is 5. The molecule has 0 saturated carbocycles. The van der Waals surface area contributed by atoms with Gasteiger partial charge in [0, 0.05) is 13.2 Å². The molecule has 0 aliphatic carbocycles. The Kier molecular flexibility index (Phi) is 3.48. The number of hydrogen-bond donors (Lipinski definition) is 1. The number of thiophene rings is 1. The van der Waals surface area contributed by atoms with Gasteiger partial charge in [-0.3, -0.25) is 5.32 Å².